The first-order valence-electron chi connectivity index (χ1n) is 9.23. The first-order chi connectivity index (χ1) is 12.8. The lowest BCUT2D eigenvalue weighted by Crippen LogP contribution is -2.38. The van der Waals surface area contributed by atoms with Gasteiger partial charge >= 0.3 is 11.9 Å². The molecule has 2 fully saturated rings. The van der Waals surface area contributed by atoms with Gasteiger partial charge in [-0.3, -0.25) is 0 Å². The number of esters is 2. The zero-order valence-electron chi connectivity index (χ0n) is 15.5. The molecular formula is C20H24O7. The fraction of sp³-hybridized carbons (Fsp3) is 0.600. The summed E-state index contributed by atoms with van der Waals surface area (Å²) >= 11 is 0. The molecule has 4 rings (SSSR count). The van der Waals surface area contributed by atoms with Crippen LogP contribution in [0.25, 0.3) is 0 Å². The fourth-order valence-corrected chi connectivity index (χ4v) is 4.20. The Kier molecular flexibility index (Phi) is 4.49. The van der Waals surface area contributed by atoms with Crippen molar-refractivity contribution >= 4 is 11.9 Å². The largest absolute Gasteiger partial charge is 0.458 e. The van der Waals surface area contributed by atoms with Crippen molar-refractivity contribution in [2.24, 2.45) is 5.92 Å². The van der Waals surface area contributed by atoms with E-state index in [0.717, 1.165) is 18.4 Å². The topological polar surface area (TPSA) is 94.6 Å². The van der Waals surface area contributed by atoms with Gasteiger partial charge in [0.15, 0.2) is 6.29 Å². The van der Waals surface area contributed by atoms with Crippen LogP contribution in [0.4, 0.5) is 0 Å². The minimum atomic E-state index is -1.10. The monoisotopic (exact) mass is 376 g/mol. The molecule has 0 saturated carbocycles. The Hall–Kier alpha value is -1.96. The second kappa shape index (κ2) is 6.58. The van der Waals surface area contributed by atoms with Gasteiger partial charge in [0.1, 0.15) is 18.3 Å². The highest BCUT2D eigenvalue weighted by Gasteiger charge is 2.63. The molecule has 0 aromatic rings. The lowest BCUT2D eigenvalue weighted by atomic mass is 9.82. The van der Waals surface area contributed by atoms with Crippen LogP contribution in [0.5, 0.6) is 0 Å². The maximum atomic E-state index is 12.6. The molecule has 0 aromatic carbocycles. The van der Waals surface area contributed by atoms with Gasteiger partial charge in [-0.25, -0.2) is 9.59 Å². The summed E-state index contributed by atoms with van der Waals surface area (Å²) in [5, 5.41) is 9.43. The van der Waals surface area contributed by atoms with Gasteiger partial charge in [0.05, 0.1) is 23.7 Å². The summed E-state index contributed by atoms with van der Waals surface area (Å²) in [4.78, 5) is 24.8. The van der Waals surface area contributed by atoms with Crippen LogP contribution in [0.1, 0.15) is 33.1 Å². The molecule has 7 heteroatoms. The fourth-order valence-electron chi connectivity index (χ4n) is 4.20. The third-order valence-electron chi connectivity index (χ3n) is 5.83. The number of epoxide rings is 1. The highest BCUT2D eigenvalue weighted by atomic mass is 16.7. The van der Waals surface area contributed by atoms with E-state index in [2.05, 4.69) is 12.7 Å². The van der Waals surface area contributed by atoms with Crippen LogP contribution in [0.3, 0.4) is 0 Å². The van der Waals surface area contributed by atoms with Crippen LogP contribution in [-0.4, -0.2) is 53.9 Å². The maximum absolute atomic E-state index is 12.6. The number of rotatable bonds is 2. The Bertz CT molecular complexity index is 751. The number of aliphatic hydroxyl groups excluding tert-OH is 1. The van der Waals surface area contributed by atoms with Crippen molar-refractivity contribution < 1.29 is 33.6 Å². The molecule has 7 nitrogen and oxygen atoms in total. The summed E-state index contributed by atoms with van der Waals surface area (Å²) in [6, 6.07) is 0. The van der Waals surface area contributed by atoms with E-state index < -0.39 is 36.4 Å². The van der Waals surface area contributed by atoms with Crippen LogP contribution in [-0.2, 0) is 28.5 Å². The number of aliphatic hydroxyl groups is 1. The Labute approximate surface area is 157 Å². The number of allylic oxidation sites excluding steroid dienone is 1. The SMILES string of the molecule is C=C1C(=O)OC2C1C(OC(=O)C1=CC(O)OC1)CC(C)=CCCC1(C)OC21. The highest BCUT2D eigenvalue weighted by Crippen LogP contribution is 2.50. The second-order valence-electron chi connectivity index (χ2n) is 7.90. The average molecular weight is 376 g/mol. The molecule has 0 bridgehead atoms. The van der Waals surface area contributed by atoms with E-state index in [4.69, 9.17) is 18.9 Å². The average Bonchev–Trinajstić information content (AvgIpc) is 2.92. The Morgan fingerprint density at radius 3 is 2.93 bits per heavy atom. The molecule has 6 unspecified atom stereocenters. The Morgan fingerprint density at radius 2 is 2.22 bits per heavy atom. The van der Waals surface area contributed by atoms with E-state index in [1.54, 1.807) is 0 Å². The van der Waals surface area contributed by atoms with Crippen LogP contribution >= 0.6 is 0 Å². The number of carbonyl (C=O) groups excluding carboxylic acids is 2. The standard InChI is InChI=1S/C20H24O7/c1-10-5-4-6-20(3)17(27-20)16-15(11(2)18(22)26-16)13(7-10)25-19(23)12-8-14(21)24-9-12/h5,8,13-17,21H,2,4,6-7,9H2,1,3H3. The zero-order chi connectivity index (χ0) is 19.3. The summed E-state index contributed by atoms with van der Waals surface area (Å²) in [7, 11) is 0. The van der Waals surface area contributed by atoms with Crippen molar-refractivity contribution in [3.63, 3.8) is 0 Å². The molecule has 1 aliphatic carbocycles. The van der Waals surface area contributed by atoms with Gasteiger partial charge in [-0.2, -0.15) is 0 Å². The highest BCUT2D eigenvalue weighted by molar-refractivity contribution is 5.92. The van der Waals surface area contributed by atoms with E-state index in [1.165, 1.54) is 6.08 Å². The van der Waals surface area contributed by atoms with E-state index in [0.29, 0.717) is 12.0 Å². The molecule has 0 spiro atoms. The molecule has 146 valence electrons. The van der Waals surface area contributed by atoms with Crippen molar-refractivity contribution in [1.82, 2.24) is 0 Å². The number of hydrogen-bond acceptors (Lipinski definition) is 7. The van der Waals surface area contributed by atoms with Crippen LogP contribution < -0.4 is 0 Å². The van der Waals surface area contributed by atoms with Gasteiger partial charge in [-0.15, -0.1) is 0 Å². The van der Waals surface area contributed by atoms with Crippen molar-refractivity contribution in [2.75, 3.05) is 6.61 Å². The Morgan fingerprint density at radius 1 is 1.44 bits per heavy atom. The molecule has 3 aliphatic heterocycles. The maximum Gasteiger partial charge on any atom is 0.336 e. The van der Waals surface area contributed by atoms with E-state index in [9.17, 15) is 14.7 Å². The molecule has 1 N–H and O–H groups in total. The van der Waals surface area contributed by atoms with Gasteiger partial charge in [-0.1, -0.05) is 18.2 Å². The van der Waals surface area contributed by atoms with Gasteiger partial charge in [-0.05, 0) is 32.8 Å². The van der Waals surface area contributed by atoms with E-state index in [-0.39, 0.29) is 23.9 Å². The summed E-state index contributed by atoms with van der Waals surface area (Å²) in [6.07, 6.45) is 3.16. The van der Waals surface area contributed by atoms with Crippen molar-refractivity contribution in [2.45, 2.75) is 63.3 Å². The van der Waals surface area contributed by atoms with E-state index >= 15 is 0 Å². The smallest absolute Gasteiger partial charge is 0.336 e. The third kappa shape index (κ3) is 3.35. The van der Waals surface area contributed by atoms with Crippen molar-refractivity contribution in [1.29, 1.82) is 0 Å². The minimum Gasteiger partial charge on any atom is -0.458 e. The Balaban J connectivity index is 1.63. The quantitative estimate of drug-likeness (QED) is 0.338. The van der Waals surface area contributed by atoms with E-state index in [1.807, 2.05) is 13.8 Å². The normalized spacial score (nSPS) is 41.1. The molecule has 27 heavy (non-hydrogen) atoms. The summed E-state index contributed by atoms with van der Waals surface area (Å²) < 4.78 is 22.2. The van der Waals surface area contributed by atoms with Gasteiger partial charge in [0, 0.05) is 12.0 Å². The number of fused-ring (bicyclic) bond motifs is 3. The van der Waals surface area contributed by atoms with Crippen molar-refractivity contribution in [3.8, 4) is 0 Å². The van der Waals surface area contributed by atoms with Gasteiger partial charge in [0.25, 0.3) is 0 Å². The van der Waals surface area contributed by atoms with Crippen molar-refractivity contribution in [3.05, 3.63) is 35.5 Å². The lowest BCUT2D eigenvalue weighted by molar-refractivity contribution is -0.148. The van der Waals surface area contributed by atoms with Crippen LogP contribution in [0, 0.1) is 5.92 Å². The van der Waals surface area contributed by atoms with Crippen LogP contribution in [0.2, 0.25) is 0 Å². The number of hydrogen-bond donors (Lipinski definition) is 1. The summed E-state index contributed by atoms with van der Waals surface area (Å²) in [5.74, 6) is -1.50. The summed E-state index contributed by atoms with van der Waals surface area (Å²) in [6.45, 7) is 7.88. The third-order valence-corrected chi connectivity index (χ3v) is 5.83. The van der Waals surface area contributed by atoms with Gasteiger partial charge in [0.2, 0.25) is 0 Å². The zero-order valence-corrected chi connectivity index (χ0v) is 15.5. The molecule has 0 radical (unpaired) electrons. The predicted molar refractivity (Wildman–Crippen MR) is 93.3 cm³/mol. The lowest BCUT2D eigenvalue weighted by Gasteiger charge is -2.28. The minimum absolute atomic E-state index is 0.00415. The molecule has 0 aromatic heterocycles. The molecule has 0 amide bonds. The second-order valence-corrected chi connectivity index (χ2v) is 7.90. The molecule has 6 atom stereocenters. The molecule has 3 heterocycles. The van der Waals surface area contributed by atoms with Crippen LogP contribution in [0.15, 0.2) is 35.5 Å². The van der Waals surface area contributed by atoms with Gasteiger partial charge < -0.3 is 24.1 Å². The molecule has 2 saturated heterocycles. The number of carbonyl (C=O) groups is 2. The first-order valence-corrected chi connectivity index (χ1v) is 9.23. The number of ether oxygens (including phenoxy) is 4. The molecular weight excluding hydrogens is 352 g/mol. The first kappa shape index (κ1) is 18.4. The predicted octanol–water partition coefficient (Wildman–Crippen LogP) is 1.56. The molecule has 4 aliphatic rings. The summed E-state index contributed by atoms with van der Waals surface area (Å²) in [5.41, 5.74) is 1.29.